The maximum absolute atomic E-state index is 12.1. The minimum Gasteiger partial charge on any atom is -0.444 e. The number of hydrogen-bond donors (Lipinski definition) is 1. The second-order valence-electron chi connectivity index (χ2n) is 4.88. The van der Waals surface area contributed by atoms with Gasteiger partial charge in [0.15, 0.2) is 10.4 Å². The molecular weight excluding hydrogens is 286 g/mol. The number of carbonyl (C=O) groups is 1. The number of carbonyl (C=O) groups excluding carboxylic acids is 1. The summed E-state index contributed by atoms with van der Waals surface area (Å²) in [5.41, 5.74) is 0. The van der Waals surface area contributed by atoms with Gasteiger partial charge in [0.2, 0.25) is 0 Å². The third-order valence-electron chi connectivity index (χ3n) is 3.89. The van der Waals surface area contributed by atoms with E-state index < -0.39 is 0 Å². The number of fused-ring (bicyclic) bond motifs is 1. The zero-order valence-electron chi connectivity index (χ0n) is 9.30. The van der Waals surface area contributed by atoms with E-state index in [1.807, 2.05) is 0 Å². The third-order valence-corrected chi connectivity index (χ3v) is 4.32. The number of aliphatic hydroxyl groups excluding tert-OH is 1. The van der Waals surface area contributed by atoms with Crippen molar-refractivity contribution in [3.63, 3.8) is 0 Å². The molecule has 2 fully saturated rings. The van der Waals surface area contributed by atoms with Gasteiger partial charge in [-0.15, -0.1) is 0 Å². The highest BCUT2D eigenvalue weighted by molar-refractivity contribution is 9.10. The maximum atomic E-state index is 12.1. The van der Waals surface area contributed by atoms with Crippen LogP contribution < -0.4 is 0 Å². The Balaban J connectivity index is 1.73. The standard InChI is InChI=1S/C12H14BrNO3/c13-11-4-3-10(17-11)12(16)14-5-7-1-2-9(15)8(7)6-14/h3-4,7-9,15H,1-2,5-6H2. The summed E-state index contributed by atoms with van der Waals surface area (Å²) in [5, 5.41) is 9.80. The Morgan fingerprint density at radius 3 is 2.88 bits per heavy atom. The van der Waals surface area contributed by atoms with Gasteiger partial charge in [0.05, 0.1) is 6.10 Å². The highest BCUT2D eigenvalue weighted by Crippen LogP contribution is 2.38. The quantitative estimate of drug-likeness (QED) is 0.861. The van der Waals surface area contributed by atoms with Crippen molar-refractivity contribution >= 4 is 21.8 Å². The molecule has 3 unspecified atom stereocenters. The van der Waals surface area contributed by atoms with Crippen molar-refractivity contribution in [2.75, 3.05) is 13.1 Å². The van der Waals surface area contributed by atoms with Crippen molar-refractivity contribution in [1.29, 1.82) is 0 Å². The van der Waals surface area contributed by atoms with Crippen LogP contribution >= 0.6 is 15.9 Å². The number of likely N-dealkylation sites (tertiary alicyclic amines) is 1. The lowest BCUT2D eigenvalue weighted by molar-refractivity contribution is 0.0720. The Bertz CT molecular complexity index is 445. The van der Waals surface area contributed by atoms with Gasteiger partial charge in [0, 0.05) is 19.0 Å². The van der Waals surface area contributed by atoms with Crippen molar-refractivity contribution in [3.05, 3.63) is 22.6 Å². The lowest BCUT2D eigenvalue weighted by Gasteiger charge is -2.16. The molecule has 0 aromatic carbocycles. The largest absolute Gasteiger partial charge is 0.444 e. The fourth-order valence-corrected chi connectivity index (χ4v) is 3.29. The molecule has 0 spiro atoms. The predicted molar refractivity (Wildman–Crippen MR) is 64.5 cm³/mol. The summed E-state index contributed by atoms with van der Waals surface area (Å²) in [4.78, 5) is 13.9. The van der Waals surface area contributed by atoms with Crippen LogP contribution in [0.5, 0.6) is 0 Å². The molecule has 1 saturated heterocycles. The molecule has 17 heavy (non-hydrogen) atoms. The van der Waals surface area contributed by atoms with E-state index in [4.69, 9.17) is 4.42 Å². The lowest BCUT2D eigenvalue weighted by atomic mass is 10.00. The van der Waals surface area contributed by atoms with Crippen LogP contribution in [0, 0.1) is 11.8 Å². The number of amides is 1. The van der Waals surface area contributed by atoms with E-state index in [1.54, 1.807) is 17.0 Å². The van der Waals surface area contributed by atoms with E-state index in [1.165, 1.54) is 0 Å². The Kier molecular flexibility index (Phi) is 2.75. The van der Waals surface area contributed by atoms with E-state index in [0.29, 0.717) is 22.9 Å². The summed E-state index contributed by atoms with van der Waals surface area (Å²) >= 11 is 3.19. The molecule has 1 aliphatic carbocycles. The fourth-order valence-electron chi connectivity index (χ4n) is 2.99. The number of hydrogen-bond acceptors (Lipinski definition) is 3. The van der Waals surface area contributed by atoms with E-state index in [9.17, 15) is 9.90 Å². The Hall–Kier alpha value is -0.810. The molecule has 1 aromatic rings. The number of halogens is 1. The molecule has 2 heterocycles. The molecule has 1 saturated carbocycles. The van der Waals surface area contributed by atoms with E-state index >= 15 is 0 Å². The molecular formula is C12H14BrNO3. The Morgan fingerprint density at radius 1 is 1.41 bits per heavy atom. The molecule has 5 heteroatoms. The predicted octanol–water partition coefficient (Wildman–Crippen LogP) is 1.88. The zero-order chi connectivity index (χ0) is 12.0. The maximum Gasteiger partial charge on any atom is 0.289 e. The van der Waals surface area contributed by atoms with Crippen LogP contribution in [0.25, 0.3) is 0 Å². The summed E-state index contributed by atoms with van der Waals surface area (Å²) < 4.78 is 5.84. The minimum atomic E-state index is -0.235. The van der Waals surface area contributed by atoms with Gasteiger partial charge in [-0.3, -0.25) is 4.79 Å². The topological polar surface area (TPSA) is 53.7 Å². The molecule has 1 aromatic heterocycles. The average molecular weight is 300 g/mol. The van der Waals surface area contributed by atoms with Gasteiger partial charge in [0.1, 0.15) is 0 Å². The minimum absolute atomic E-state index is 0.0719. The zero-order valence-corrected chi connectivity index (χ0v) is 10.9. The molecule has 0 bridgehead atoms. The van der Waals surface area contributed by atoms with Crippen LogP contribution in [0.4, 0.5) is 0 Å². The summed E-state index contributed by atoms with van der Waals surface area (Å²) in [7, 11) is 0. The van der Waals surface area contributed by atoms with Gasteiger partial charge in [0.25, 0.3) is 5.91 Å². The number of rotatable bonds is 1. The highest BCUT2D eigenvalue weighted by atomic mass is 79.9. The van der Waals surface area contributed by atoms with Crippen molar-refractivity contribution in [2.45, 2.75) is 18.9 Å². The Labute approximate surface area is 108 Å². The molecule has 92 valence electrons. The van der Waals surface area contributed by atoms with E-state index in [-0.39, 0.29) is 17.9 Å². The second-order valence-corrected chi connectivity index (χ2v) is 5.66. The summed E-state index contributed by atoms with van der Waals surface area (Å²) in [6.45, 7) is 1.40. The van der Waals surface area contributed by atoms with Gasteiger partial charge in [-0.05, 0) is 46.8 Å². The number of aliphatic hydroxyl groups is 1. The fraction of sp³-hybridized carbons (Fsp3) is 0.583. The van der Waals surface area contributed by atoms with Gasteiger partial charge >= 0.3 is 0 Å². The normalized spacial score (nSPS) is 31.9. The van der Waals surface area contributed by atoms with Gasteiger partial charge in [-0.2, -0.15) is 0 Å². The van der Waals surface area contributed by atoms with Crippen LogP contribution in [-0.4, -0.2) is 35.1 Å². The van der Waals surface area contributed by atoms with Crippen molar-refractivity contribution in [1.82, 2.24) is 4.90 Å². The number of nitrogens with zero attached hydrogens (tertiary/aromatic N) is 1. The molecule has 1 aliphatic heterocycles. The summed E-state index contributed by atoms with van der Waals surface area (Å²) in [5.74, 6) is 1.02. The van der Waals surface area contributed by atoms with Gasteiger partial charge in [-0.1, -0.05) is 0 Å². The highest BCUT2D eigenvalue weighted by Gasteiger charge is 2.43. The molecule has 3 rings (SSSR count). The number of furan rings is 1. The van der Waals surface area contributed by atoms with E-state index in [2.05, 4.69) is 15.9 Å². The first-order chi connectivity index (χ1) is 8.15. The van der Waals surface area contributed by atoms with Crippen molar-refractivity contribution in [2.24, 2.45) is 11.8 Å². The van der Waals surface area contributed by atoms with Gasteiger partial charge < -0.3 is 14.4 Å². The molecule has 2 aliphatic rings. The van der Waals surface area contributed by atoms with Crippen LogP contribution in [-0.2, 0) is 0 Å². The van der Waals surface area contributed by atoms with Crippen LogP contribution in [0.3, 0.4) is 0 Å². The van der Waals surface area contributed by atoms with Crippen LogP contribution in [0.15, 0.2) is 21.2 Å². The van der Waals surface area contributed by atoms with Gasteiger partial charge in [-0.25, -0.2) is 0 Å². The Morgan fingerprint density at radius 2 is 2.24 bits per heavy atom. The van der Waals surface area contributed by atoms with Crippen LogP contribution in [0.1, 0.15) is 23.4 Å². The van der Waals surface area contributed by atoms with Crippen LogP contribution in [0.2, 0.25) is 0 Å². The van der Waals surface area contributed by atoms with E-state index in [0.717, 1.165) is 19.4 Å². The first kappa shape index (κ1) is 11.3. The second kappa shape index (κ2) is 4.14. The average Bonchev–Trinajstić information content (AvgIpc) is 2.96. The molecule has 0 radical (unpaired) electrons. The lowest BCUT2D eigenvalue weighted by Crippen LogP contribution is -2.30. The van der Waals surface area contributed by atoms with Crippen molar-refractivity contribution in [3.8, 4) is 0 Å². The summed E-state index contributed by atoms with van der Waals surface area (Å²) in [6, 6.07) is 3.40. The van der Waals surface area contributed by atoms with Crippen molar-refractivity contribution < 1.29 is 14.3 Å². The first-order valence-corrected chi connectivity index (χ1v) is 6.67. The molecule has 1 amide bonds. The summed E-state index contributed by atoms with van der Waals surface area (Å²) in [6.07, 6.45) is 1.67. The molecule has 1 N–H and O–H groups in total. The third kappa shape index (κ3) is 1.91. The molecule has 3 atom stereocenters. The SMILES string of the molecule is O=C(c1ccc(Br)o1)N1CC2CCC(O)C2C1. The monoisotopic (exact) mass is 299 g/mol. The smallest absolute Gasteiger partial charge is 0.289 e. The molecule has 4 nitrogen and oxygen atoms in total. The first-order valence-electron chi connectivity index (χ1n) is 5.88.